The zero-order valence-electron chi connectivity index (χ0n) is 14.2. The summed E-state index contributed by atoms with van der Waals surface area (Å²) in [6, 6.07) is 5.17. The standard InChI is InChI=1S/C16H22N4O4/c1-16(2,23)9-20-12-6-5-10(19(3)13(21)8-24-4)7-11(12)18-15(20)14(17)22/h5-7,23H,8-9H2,1-4H3,(H2,17,22). The molecule has 0 radical (unpaired) electrons. The molecule has 0 aliphatic heterocycles. The average Bonchev–Trinajstić information content (AvgIpc) is 2.83. The van der Waals surface area contributed by atoms with Crippen LogP contribution in [0.3, 0.4) is 0 Å². The van der Waals surface area contributed by atoms with Crippen LogP contribution in [0.15, 0.2) is 18.2 Å². The number of amides is 2. The highest BCUT2D eigenvalue weighted by molar-refractivity contribution is 5.97. The first-order valence-corrected chi connectivity index (χ1v) is 7.42. The van der Waals surface area contributed by atoms with Crippen molar-refractivity contribution in [2.75, 3.05) is 25.7 Å². The summed E-state index contributed by atoms with van der Waals surface area (Å²) in [6.07, 6.45) is 0. The van der Waals surface area contributed by atoms with Crippen LogP contribution in [0.4, 0.5) is 5.69 Å². The predicted octanol–water partition coefficient (Wildman–Crippen LogP) is 0.515. The Bertz CT molecular complexity index is 776. The number of ether oxygens (including phenoxy) is 1. The van der Waals surface area contributed by atoms with Crippen molar-refractivity contribution in [3.8, 4) is 0 Å². The van der Waals surface area contributed by atoms with Crippen molar-refractivity contribution in [1.82, 2.24) is 9.55 Å². The van der Waals surface area contributed by atoms with Gasteiger partial charge < -0.3 is 25.0 Å². The van der Waals surface area contributed by atoms with E-state index in [1.54, 1.807) is 43.7 Å². The molecule has 0 spiro atoms. The zero-order valence-corrected chi connectivity index (χ0v) is 14.2. The molecule has 0 fully saturated rings. The van der Waals surface area contributed by atoms with Crippen LogP contribution in [-0.4, -0.2) is 52.8 Å². The third-order valence-electron chi connectivity index (χ3n) is 3.53. The number of nitrogens with two attached hydrogens (primary N) is 1. The van der Waals surface area contributed by atoms with Crippen LogP contribution >= 0.6 is 0 Å². The Morgan fingerprint density at radius 3 is 2.62 bits per heavy atom. The predicted molar refractivity (Wildman–Crippen MR) is 89.8 cm³/mol. The molecule has 0 saturated carbocycles. The SMILES string of the molecule is COCC(=O)N(C)c1ccc2c(c1)nc(C(N)=O)n2CC(C)(C)O. The lowest BCUT2D eigenvalue weighted by atomic mass is 10.1. The van der Waals surface area contributed by atoms with Gasteiger partial charge in [0.05, 0.1) is 23.2 Å². The first-order valence-electron chi connectivity index (χ1n) is 7.42. The summed E-state index contributed by atoms with van der Waals surface area (Å²) >= 11 is 0. The molecule has 1 heterocycles. The lowest BCUT2D eigenvalue weighted by Crippen LogP contribution is -2.30. The van der Waals surface area contributed by atoms with Crippen LogP contribution < -0.4 is 10.6 Å². The van der Waals surface area contributed by atoms with Crippen molar-refractivity contribution in [1.29, 1.82) is 0 Å². The first-order chi connectivity index (χ1) is 11.1. The van der Waals surface area contributed by atoms with Gasteiger partial charge in [-0.3, -0.25) is 9.59 Å². The highest BCUT2D eigenvalue weighted by Crippen LogP contribution is 2.24. The number of fused-ring (bicyclic) bond motifs is 1. The van der Waals surface area contributed by atoms with Crippen molar-refractivity contribution in [3.05, 3.63) is 24.0 Å². The Morgan fingerprint density at radius 2 is 2.08 bits per heavy atom. The van der Waals surface area contributed by atoms with Gasteiger partial charge in [-0.15, -0.1) is 0 Å². The van der Waals surface area contributed by atoms with Gasteiger partial charge in [-0.05, 0) is 32.0 Å². The second kappa shape index (κ2) is 6.58. The number of aromatic nitrogens is 2. The van der Waals surface area contributed by atoms with Gasteiger partial charge in [-0.2, -0.15) is 0 Å². The molecular weight excluding hydrogens is 312 g/mol. The van der Waals surface area contributed by atoms with E-state index in [0.29, 0.717) is 16.7 Å². The molecule has 8 nitrogen and oxygen atoms in total. The number of benzene rings is 1. The fourth-order valence-corrected chi connectivity index (χ4v) is 2.43. The van der Waals surface area contributed by atoms with Crippen LogP contribution in [0, 0.1) is 0 Å². The summed E-state index contributed by atoms with van der Waals surface area (Å²) in [7, 11) is 3.08. The molecule has 130 valence electrons. The maximum atomic E-state index is 11.9. The molecule has 0 atom stereocenters. The van der Waals surface area contributed by atoms with E-state index in [4.69, 9.17) is 10.5 Å². The zero-order chi connectivity index (χ0) is 18.1. The highest BCUT2D eigenvalue weighted by Gasteiger charge is 2.22. The minimum Gasteiger partial charge on any atom is -0.389 e. The van der Waals surface area contributed by atoms with E-state index in [0.717, 1.165) is 0 Å². The van der Waals surface area contributed by atoms with Crippen LogP contribution in [0.5, 0.6) is 0 Å². The Kier molecular flexibility index (Phi) is 4.91. The van der Waals surface area contributed by atoms with E-state index in [2.05, 4.69) is 4.98 Å². The fourth-order valence-electron chi connectivity index (χ4n) is 2.43. The molecule has 0 bridgehead atoms. The molecule has 3 N–H and O–H groups in total. The molecule has 2 aromatic rings. The quantitative estimate of drug-likeness (QED) is 0.800. The van der Waals surface area contributed by atoms with E-state index in [1.165, 1.54) is 12.0 Å². The number of hydrogen-bond acceptors (Lipinski definition) is 5. The molecule has 0 unspecified atom stereocenters. The number of primary amides is 1. The maximum absolute atomic E-state index is 11.9. The molecule has 0 aliphatic rings. The Balaban J connectivity index is 2.51. The number of carbonyl (C=O) groups is 2. The van der Waals surface area contributed by atoms with E-state index in [9.17, 15) is 14.7 Å². The Hall–Kier alpha value is -2.45. The smallest absolute Gasteiger partial charge is 0.284 e. The highest BCUT2D eigenvalue weighted by atomic mass is 16.5. The van der Waals surface area contributed by atoms with Gasteiger partial charge in [0.2, 0.25) is 0 Å². The topological polar surface area (TPSA) is 111 Å². The van der Waals surface area contributed by atoms with Crippen LogP contribution in [0.1, 0.15) is 24.5 Å². The number of imidazole rings is 1. The van der Waals surface area contributed by atoms with Crippen molar-refractivity contribution < 1.29 is 19.4 Å². The van der Waals surface area contributed by atoms with Gasteiger partial charge in [0.15, 0.2) is 5.82 Å². The van der Waals surface area contributed by atoms with Crippen molar-refractivity contribution >= 4 is 28.5 Å². The molecule has 2 rings (SSSR count). The van der Waals surface area contributed by atoms with Gasteiger partial charge in [-0.25, -0.2) is 4.98 Å². The van der Waals surface area contributed by atoms with Gasteiger partial charge in [0.25, 0.3) is 11.8 Å². The lowest BCUT2D eigenvalue weighted by Gasteiger charge is -2.20. The second-order valence-electron chi connectivity index (χ2n) is 6.26. The van der Waals surface area contributed by atoms with E-state index < -0.39 is 11.5 Å². The summed E-state index contributed by atoms with van der Waals surface area (Å²) in [6.45, 7) is 3.40. The fraction of sp³-hybridized carbons (Fsp3) is 0.438. The number of rotatable bonds is 6. The average molecular weight is 334 g/mol. The van der Waals surface area contributed by atoms with Crippen LogP contribution in [0.2, 0.25) is 0 Å². The number of hydrogen-bond donors (Lipinski definition) is 2. The third-order valence-corrected chi connectivity index (χ3v) is 3.53. The van der Waals surface area contributed by atoms with E-state index in [-0.39, 0.29) is 24.9 Å². The minimum absolute atomic E-state index is 0.0335. The van der Waals surface area contributed by atoms with Gasteiger partial charge in [0.1, 0.15) is 6.61 Å². The monoisotopic (exact) mass is 334 g/mol. The molecule has 1 aromatic carbocycles. The molecule has 0 aliphatic carbocycles. The van der Waals surface area contributed by atoms with E-state index >= 15 is 0 Å². The number of methoxy groups -OCH3 is 1. The minimum atomic E-state index is -1.04. The van der Waals surface area contributed by atoms with Gasteiger partial charge in [-0.1, -0.05) is 0 Å². The van der Waals surface area contributed by atoms with Crippen molar-refractivity contribution in [2.24, 2.45) is 5.73 Å². The molecule has 0 saturated heterocycles. The number of likely N-dealkylation sites (N-methyl/N-ethyl adjacent to an activating group) is 1. The molecule has 24 heavy (non-hydrogen) atoms. The first kappa shape index (κ1) is 17.9. The number of anilines is 1. The second-order valence-corrected chi connectivity index (χ2v) is 6.26. The van der Waals surface area contributed by atoms with Gasteiger partial charge in [0, 0.05) is 19.8 Å². The molecule has 2 amide bonds. The Labute approximate surface area is 139 Å². The summed E-state index contributed by atoms with van der Waals surface area (Å²) < 4.78 is 6.43. The van der Waals surface area contributed by atoms with Crippen molar-refractivity contribution in [2.45, 2.75) is 26.0 Å². The number of aliphatic hydroxyl groups is 1. The number of carbonyl (C=O) groups excluding carboxylic acids is 2. The molecule has 8 heteroatoms. The summed E-state index contributed by atoms with van der Waals surface area (Å²) in [5, 5.41) is 10.1. The summed E-state index contributed by atoms with van der Waals surface area (Å²) in [5.41, 5.74) is 6.15. The Morgan fingerprint density at radius 1 is 1.42 bits per heavy atom. The summed E-state index contributed by atoms with van der Waals surface area (Å²) in [5.74, 6) is -0.821. The van der Waals surface area contributed by atoms with Crippen LogP contribution in [-0.2, 0) is 16.1 Å². The normalized spacial score (nSPS) is 11.7. The van der Waals surface area contributed by atoms with Gasteiger partial charge >= 0.3 is 0 Å². The van der Waals surface area contributed by atoms with Crippen LogP contribution in [0.25, 0.3) is 11.0 Å². The largest absolute Gasteiger partial charge is 0.389 e. The molecular formula is C16H22N4O4. The van der Waals surface area contributed by atoms with E-state index in [1.807, 2.05) is 0 Å². The third kappa shape index (κ3) is 3.72. The number of nitrogens with zero attached hydrogens (tertiary/aromatic N) is 3. The summed E-state index contributed by atoms with van der Waals surface area (Å²) in [4.78, 5) is 29.3. The van der Waals surface area contributed by atoms with Crippen molar-refractivity contribution in [3.63, 3.8) is 0 Å². The molecule has 1 aromatic heterocycles. The maximum Gasteiger partial charge on any atom is 0.284 e. The lowest BCUT2D eigenvalue weighted by molar-refractivity contribution is -0.121.